The highest BCUT2D eigenvalue weighted by Crippen LogP contribution is 2.34. The first kappa shape index (κ1) is 35.9. The molecule has 1 aliphatic carbocycles. The number of nitrogens with one attached hydrogen (secondary N) is 1. The SMILES string of the molecule is CCCCCCCCCCCCCCCCCCN(C)c1ccc(S(=O)(=O)O)cc1NC(=O)c1ccc2c(c1O)CCCC2. The summed E-state index contributed by atoms with van der Waals surface area (Å²) in [5, 5.41) is 13.7. The van der Waals surface area contributed by atoms with E-state index in [4.69, 9.17) is 0 Å². The van der Waals surface area contributed by atoms with Crippen LogP contribution in [0, 0.1) is 0 Å². The van der Waals surface area contributed by atoms with E-state index in [1.165, 1.54) is 102 Å². The number of aryl methyl sites for hydroxylation is 1. The first-order valence-electron chi connectivity index (χ1n) is 17.2. The predicted octanol–water partition coefficient (Wildman–Crippen LogP) is 9.47. The third kappa shape index (κ3) is 11.7. The van der Waals surface area contributed by atoms with Crippen LogP contribution in [0.2, 0.25) is 0 Å². The number of nitrogens with zero attached hydrogens (tertiary/aromatic N) is 1. The molecule has 2 aromatic carbocycles. The molecule has 0 radical (unpaired) electrons. The van der Waals surface area contributed by atoms with E-state index in [2.05, 4.69) is 12.2 Å². The topological polar surface area (TPSA) is 107 Å². The molecule has 3 rings (SSSR count). The predicted molar refractivity (Wildman–Crippen MR) is 182 cm³/mol. The normalized spacial score (nSPS) is 13.1. The van der Waals surface area contributed by atoms with Crippen LogP contribution >= 0.6 is 0 Å². The number of hydrogen-bond donors (Lipinski definition) is 3. The zero-order valence-corrected chi connectivity index (χ0v) is 28.0. The summed E-state index contributed by atoms with van der Waals surface area (Å²) in [6.45, 7) is 3.01. The van der Waals surface area contributed by atoms with Crippen molar-refractivity contribution in [3.8, 4) is 5.75 Å². The average molecular weight is 629 g/mol. The molecule has 0 heterocycles. The highest BCUT2D eigenvalue weighted by atomic mass is 32.2. The second-order valence-corrected chi connectivity index (χ2v) is 14.1. The molecule has 0 aliphatic heterocycles. The molecule has 3 N–H and O–H groups in total. The standard InChI is InChI=1S/C36H56N2O5S/c1-3-4-5-6-7-8-9-10-11-12-13-14-15-16-17-20-27-38(2)34-26-24-30(44(41,42)43)28-33(34)37-36(40)32-25-23-29-21-18-19-22-31(29)35(32)39/h23-26,28,39H,3-22,27H2,1-2H3,(H,37,40)(H,41,42,43). The van der Waals surface area contributed by atoms with Gasteiger partial charge in [-0.05, 0) is 67.5 Å². The van der Waals surface area contributed by atoms with Crippen LogP contribution in [0.5, 0.6) is 5.75 Å². The van der Waals surface area contributed by atoms with E-state index in [9.17, 15) is 22.9 Å². The second-order valence-electron chi connectivity index (χ2n) is 12.6. The number of amides is 1. The first-order valence-corrected chi connectivity index (χ1v) is 18.6. The molecule has 0 spiro atoms. The van der Waals surface area contributed by atoms with Gasteiger partial charge in [0.15, 0.2) is 0 Å². The molecule has 0 bridgehead atoms. The third-order valence-corrected chi connectivity index (χ3v) is 9.87. The fourth-order valence-corrected chi connectivity index (χ4v) is 6.81. The van der Waals surface area contributed by atoms with Gasteiger partial charge in [0.05, 0.1) is 21.8 Å². The summed E-state index contributed by atoms with van der Waals surface area (Å²) in [4.78, 5) is 15.0. The van der Waals surface area contributed by atoms with Gasteiger partial charge < -0.3 is 15.3 Å². The molecule has 0 saturated carbocycles. The molecule has 0 atom stereocenters. The van der Waals surface area contributed by atoms with Crippen LogP contribution in [0.3, 0.4) is 0 Å². The number of hydrogen-bond acceptors (Lipinski definition) is 5. The van der Waals surface area contributed by atoms with Gasteiger partial charge in [0.25, 0.3) is 16.0 Å². The van der Waals surface area contributed by atoms with Crippen molar-refractivity contribution in [3.63, 3.8) is 0 Å². The lowest BCUT2D eigenvalue weighted by atomic mass is 9.89. The fourth-order valence-electron chi connectivity index (χ4n) is 6.31. The zero-order chi connectivity index (χ0) is 31.8. The van der Waals surface area contributed by atoms with E-state index in [0.717, 1.165) is 56.2 Å². The van der Waals surface area contributed by atoms with Crippen LogP contribution in [0.1, 0.15) is 144 Å². The first-order chi connectivity index (χ1) is 21.2. The molecule has 246 valence electrons. The number of carbonyl (C=O) groups excluding carboxylic acids is 1. The van der Waals surface area contributed by atoms with Crippen LogP contribution in [0.15, 0.2) is 35.2 Å². The molecular weight excluding hydrogens is 572 g/mol. The van der Waals surface area contributed by atoms with Crippen molar-refractivity contribution in [1.82, 2.24) is 0 Å². The summed E-state index contributed by atoms with van der Waals surface area (Å²) in [6, 6.07) is 7.75. The number of anilines is 2. The van der Waals surface area contributed by atoms with E-state index in [0.29, 0.717) is 5.69 Å². The van der Waals surface area contributed by atoms with Gasteiger partial charge in [-0.3, -0.25) is 9.35 Å². The van der Waals surface area contributed by atoms with E-state index in [-0.39, 0.29) is 21.9 Å². The Hall–Kier alpha value is -2.58. The van der Waals surface area contributed by atoms with Gasteiger partial charge >= 0.3 is 0 Å². The lowest BCUT2D eigenvalue weighted by molar-refractivity contribution is 0.102. The zero-order valence-electron chi connectivity index (χ0n) is 27.2. The Bertz CT molecular complexity index is 1280. The van der Waals surface area contributed by atoms with E-state index in [1.807, 2.05) is 18.0 Å². The maximum Gasteiger partial charge on any atom is 0.294 e. The van der Waals surface area contributed by atoms with Gasteiger partial charge in [-0.2, -0.15) is 8.42 Å². The highest BCUT2D eigenvalue weighted by molar-refractivity contribution is 7.85. The number of benzene rings is 2. The number of aromatic hydroxyl groups is 1. The van der Waals surface area contributed by atoms with Gasteiger partial charge in [-0.1, -0.05) is 109 Å². The minimum absolute atomic E-state index is 0.00583. The summed E-state index contributed by atoms with van der Waals surface area (Å²) in [7, 11) is -2.54. The van der Waals surface area contributed by atoms with Gasteiger partial charge in [-0.15, -0.1) is 0 Å². The summed E-state index contributed by atoms with van der Waals surface area (Å²) in [5.74, 6) is -0.519. The largest absolute Gasteiger partial charge is 0.507 e. The fraction of sp³-hybridized carbons (Fsp3) is 0.639. The van der Waals surface area contributed by atoms with Gasteiger partial charge in [0.2, 0.25) is 0 Å². The van der Waals surface area contributed by atoms with Gasteiger partial charge in [0.1, 0.15) is 5.75 Å². The number of fused-ring (bicyclic) bond motifs is 1. The maximum atomic E-state index is 13.3. The van der Waals surface area contributed by atoms with Crippen molar-refractivity contribution < 1.29 is 22.9 Å². The van der Waals surface area contributed by atoms with Crippen LogP contribution in [-0.2, 0) is 23.0 Å². The summed E-state index contributed by atoms with van der Waals surface area (Å²) >= 11 is 0. The molecule has 0 saturated heterocycles. The van der Waals surface area contributed by atoms with E-state index >= 15 is 0 Å². The Morgan fingerprint density at radius 3 is 1.91 bits per heavy atom. The number of phenols is 1. The number of carbonyl (C=O) groups is 1. The van der Waals surface area contributed by atoms with Gasteiger partial charge in [-0.25, -0.2) is 0 Å². The van der Waals surface area contributed by atoms with E-state index < -0.39 is 16.0 Å². The Morgan fingerprint density at radius 2 is 1.34 bits per heavy atom. The van der Waals surface area contributed by atoms with Crippen LogP contribution in [0.4, 0.5) is 11.4 Å². The molecule has 7 nitrogen and oxygen atoms in total. The minimum Gasteiger partial charge on any atom is -0.507 e. The molecule has 8 heteroatoms. The molecule has 1 aliphatic rings. The monoisotopic (exact) mass is 628 g/mol. The molecule has 2 aromatic rings. The Morgan fingerprint density at radius 1 is 0.795 bits per heavy atom. The average Bonchev–Trinajstić information content (AvgIpc) is 3.00. The lowest BCUT2D eigenvalue weighted by Gasteiger charge is -2.24. The van der Waals surface area contributed by atoms with Crippen LogP contribution in [-0.4, -0.2) is 37.6 Å². The van der Waals surface area contributed by atoms with Crippen molar-refractivity contribution in [3.05, 3.63) is 47.0 Å². The quantitative estimate of drug-likeness (QED) is 0.0939. The minimum atomic E-state index is -4.45. The third-order valence-electron chi connectivity index (χ3n) is 9.02. The summed E-state index contributed by atoms with van der Waals surface area (Å²) in [5.41, 5.74) is 2.98. The van der Waals surface area contributed by atoms with Crippen molar-refractivity contribution in [2.45, 2.75) is 140 Å². The maximum absolute atomic E-state index is 13.3. The van der Waals surface area contributed by atoms with Crippen molar-refractivity contribution >= 4 is 27.4 Å². The number of rotatable bonds is 21. The molecular formula is C36H56N2O5S. The summed E-state index contributed by atoms with van der Waals surface area (Å²) < 4.78 is 33.4. The van der Waals surface area contributed by atoms with Gasteiger partial charge in [0, 0.05) is 13.6 Å². The Balaban J connectivity index is 1.43. The molecule has 0 aromatic heterocycles. The second kappa shape index (κ2) is 19.1. The molecule has 44 heavy (non-hydrogen) atoms. The lowest BCUT2D eigenvalue weighted by Crippen LogP contribution is -2.22. The van der Waals surface area contributed by atoms with Crippen LogP contribution in [0.25, 0.3) is 0 Å². The van der Waals surface area contributed by atoms with Crippen molar-refractivity contribution in [1.29, 1.82) is 0 Å². The molecule has 0 fully saturated rings. The van der Waals surface area contributed by atoms with Crippen LogP contribution < -0.4 is 10.2 Å². The Labute approximate surface area is 266 Å². The summed E-state index contributed by atoms with van der Waals surface area (Å²) in [6.07, 6.45) is 24.6. The van der Waals surface area contributed by atoms with Crippen molar-refractivity contribution in [2.75, 3.05) is 23.8 Å². The smallest absolute Gasteiger partial charge is 0.294 e. The highest BCUT2D eigenvalue weighted by Gasteiger charge is 2.22. The molecule has 1 amide bonds. The number of phenolic OH excluding ortho intramolecular Hbond substituents is 1. The van der Waals surface area contributed by atoms with Crippen molar-refractivity contribution in [2.24, 2.45) is 0 Å². The number of unbranched alkanes of at least 4 members (excludes halogenated alkanes) is 15. The Kier molecular flexibility index (Phi) is 15.5. The molecule has 0 unspecified atom stereocenters. The van der Waals surface area contributed by atoms with E-state index in [1.54, 1.807) is 12.1 Å².